The number of aromatic amines is 1. The quantitative estimate of drug-likeness (QED) is 0.667. The average molecular weight is 370 g/mol. The third-order valence-corrected chi connectivity index (χ3v) is 6.66. The maximum atomic E-state index is 12.8. The molecule has 0 saturated carbocycles. The number of hydrogen-bond donors (Lipinski definition) is 1. The average Bonchev–Trinajstić information content (AvgIpc) is 3.00. The number of nitrogens with one attached hydrogen (secondary N) is 1. The molecule has 1 N–H and O–H groups in total. The molecule has 0 amide bonds. The number of nitrogens with zero attached hydrogens (tertiary/aromatic N) is 1. The predicted octanol–water partition coefficient (Wildman–Crippen LogP) is 3.99. The molecular formula is C20H22N2O3S. The van der Waals surface area contributed by atoms with Crippen molar-refractivity contribution in [3.05, 3.63) is 53.6 Å². The van der Waals surface area contributed by atoms with Crippen molar-refractivity contribution in [1.29, 1.82) is 0 Å². The van der Waals surface area contributed by atoms with Gasteiger partial charge in [-0.1, -0.05) is 43.7 Å². The summed E-state index contributed by atoms with van der Waals surface area (Å²) < 4.78 is 27.0. The molecule has 1 aromatic heterocycles. The number of carbonyl (C=O) groups is 1. The summed E-state index contributed by atoms with van der Waals surface area (Å²) in [5.74, 6) is 0. The van der Waals surface area contributed by atoms with Gasteiger partial charge in [0.25, 0.3) is 0 Å². The topological polar surface area (TPSA) is 70.2 Å². The number of carbonyl (C=O) groups excluding carboxylic acids is 1. The van der Waals surface area contributed by atoms with Crippen LogP contribution >= 0.6 is 0 Å². The number of hydrogen-bond acceptors (Lipinski definition) is 3. The molecule has 1 heterocycles. The van der Waals surface area contributed by atoms with E-state index in [1.54, 1.807) is 18.2 Å². The molecule has 136 valence electrons. The van der Waals surface area contributed by atoms with Crippen LogP contribution in [0.3, 0.4) is 0 Å². The van der Waals surface area contributed by atoms with Gasteiger partial charge in [0.2, 0.25) is 10.0 Å². The number of rotatable bonds is 6. The van der Waals surface area contributed by atoms with E-state index in [1.165, 1.54) is 4.31 Å². The van der Waals surface area contributed by atoms with Crippen LogP contribution in [0.4, 0.5) is 0 Å². The van der Waals surface area contributed by atoms with E-state index >= 15 is 0 Å². The van der Waals surface area contributed by atoms with E-state index < -0.39 is 10.0 Å². The van der Waals surface area contributed by atoms with Crippen molar-refractivity contribution in [2.24, 2.45) is 0 Å². The Labute approximate surface area is 153 Å². The largest absolute Gasteiger partial charge is 0.354 e. The molecular weight excluding hydrogens is 348 g/mol. The third-order valence-electron chi connectivity index (χ3n) is 4.61. The van der Waals surface area contributed by atoms with Gasteiger partial charge in [0.05, 0.1) is 10.6 Å². The predicted molar refractivity (Wildman–Crippen MR) is 104 cm³/mol. The van der Waals surface area contributed by atoms with Crippen molar-refractivity contribution in [2.45, 2.75) is 25.7 Å². The minimum Gasteiger partial charge on any atom is -0.354 e. The molecule has 0 aliphatic heterocycles. The number of H-pyrrole nitrogens is 1. The van der Waals surface area contributed by atoms with Gasteiger partial charge < -0.3 is 4.98 Å². The van der Waals surface area contributed by atoms with Crippen molar-refractivity contribution in [3.63, 3.8) is 0 Å². The zero-order chi connectivity index (χ0) is 18.9. The number of fused-ring (bicyclic) bond motifs is 1. The first-order valence-electron chi connectivity index (χ1n) is 8.60. The Morgan fingerprint density at radius 3 is 2.27 bits per heavy atom. The highest BCUT2D eigenvalue weighted by atomic mass is 32.2. The van der Waals surface area contributed by atoms with E-state index in [4.69, 9.17) is 0 Å². The van der Waals surface area contributed by atoms with Crippen LogP contribution in [0.25, 0.3) is 22.2 Å². The molecule has 0 bridgehead atoms. The van der Waals surface area contributed by atoms with Gasteiger partial charge in [-0.2, -0.15) is 4.31 Å². The zero-order valence-electron chi connectivity index (χ0n) is 15.1. The summed E-state index contributed by atoms with van der Waals surface area (Å²) in [6.45, 7) is 6.42. The van der Waals surface area contributed by atoms with Gasteiger partial charge in [0.15, 0.2) is 6.29 Å². The Hall–Kier alpha value is -2.44. The number of aromatic nitrogens is 1. The van der Waals surface area contributed by atoms with Crippen molar-refractivity contribution in [1.82, 2.24) is 9.29 Å². The smallest absolute Gasteiger partial charge is 0.243 e. The molecule has 0 unspecified atom stereocenters. The van der Waals surface area contributed by atoms with Crippen LogP contribution < -0.4 is 0 Å². The van der Waals surface area contributed by atoms with Gasteiger partial charge in [-0.25, -0.2) is 8.42 Å². The molecule has 0 radical (unpaired) electrons. The van der Waals surface area contributed by atoms with Gasteiger partial charge in [-0.05, 0) is 30.7 Å². The summed E-state index contributed by atoms with van der Waals surface area (Å²) in [4.78, 5) is 15.2. The number of aldehydes is 1. The molecule has 5 nitrogen and oxygen atoms in total. The fraction of sp³-hybridized carbons (Fsp3) is 0.250. The van der Waals surface area contributed by atoms with Gasteiger partial charge >= 0.3 is 0 Å². The Morgan fingerprint density at radius 1 is 1.04 bits per heavy atom. The van der Waals surface area contributed by atoms with Crippen molar-refractivity contribution in [3.8, 4) is 11.3 Å². The summed E-state index contributed by atoms with van der Waals surface area (Å²) in [7, 11) is -3.58. The molecule has 0 aliphatic carbocycles. The molecule has 6 heteroatoms. The van der Waals surface area contributed by atoms with Crippen LogP contribution in [-0.2, 0) is 10.0 Å². The van der Waals surface area contributed by atoms with Crippen molar-refractivity contribution >= 4 is 27.2 Å². The second kappa shape index (κ2) is 7.05. The lowest BCUT2D eigenvalue weighted by Crippen LogP contribution is -2.30. The Morgan fingerprint density at radius 2 is 1.69 bits per heavy atom. The second-order valence-corrected chi connectivity index (χ2v) is 8.13. The fourth-order valence-electron chi connectivity index (χ4n) is 3.14. The maximum Gasteiger partial charge on any atom is 0.243 e. The minimum atomic E-state index is -3.58. The summed E-state index contributed by atoms with van der Waals surface area (Å²) in [5, 5.41) is 0.615. The molecule has 0 saturated heterocycles. The lowest BCUT2D eigenvalue weighted by molar-refractivity contribution is 0.112. The monoisotopic (exact) mass is 370 g/mol. The maximum absolute atomic E-state index is 12.8. The highest BCUT2D eigenvalue weighted by Gasteiger charge is 2.23. The van der Waals surface area contributed by atoms with Gasteiger partial charge in [-0.15, -0.1) is 0 Å². The molecule has 2 aromatic carbocycles. The van der Waals surface area contributed by atoms with Crippen LogP contribution in [0.2, 0.25) is 0 Å². The van der Waals surface area contributed by atoms with Crippen molar-refractivity contribution < 1.29 is 13.2 Å². The molecule has 0 aliphatic rings. The summed E-state index contributed by atoms with van der Waals surface area (Å²) >= 11 is 0. The summed E-state index contributed by atoms with van der Waals surface area (Å²) in [6.07, 6.45) is 0.780. The first kappa shape index (κ1) is 18.4. The standard InChI is InChI=1S/C20H22N2O3S/c1-4-22(5-2)26(24,25)16-10-11-19-17(12-16)18(13-23)20(21-19)15-8-6-14(3)7-9-15/h6-13,21H,4-5H2,1-3H3. The lowest BCUT2D eigenvalue weighted by Gasteiger charge is -2.18. The SMILES string of the molecule is CCN(CC)S(=O)(=O)c1ccc2[nH]c(-c3ccc(C)cc3)c(C=O)c2c1. The van der Waals surface area contributed by atoms with E-state index in [1.807, 2.05) is 45.0 Å². The fourth-order valence-corrected chi connectivity index (χ4v) is 4.62. The van der Waals surface area contributed by atoms with E-state index in [2.05, 4.69) is 4.98 Å². The highest BCUT2D eigenvalue weighted by molar-refractivity contribution is 7.89. The molecule has 0 fully saturated rings. The molecule has 0 atom stereocenters. The van der Waals surface area contributed by atoms with E-state index in [0.29, 0.717) is 29.7 Å². The normalized spacial score (nSPS) is 12.0. The van der Waals surface area contributed by atoms with Crippen molar-refractivity contribution in [2.75, 3.05) is 13.1 Å². The first-order chi connectivity index (χ1) is 12.4. The van der Waals surface area contributed by atoms with Crippen LogP contribution in [0.1, 0.15) is 29.8 Å². The number of sulfonamides is 1. The van der Waals surface area contributed by atoms with E-state index in [9.17, 15) is 13.2 Å². The Kier molecular flexibility index (Phi) is 4.98. The molecule has 3 rings (SSSR count). The van der Waals surface area contributed by atoms with Gasteiger partial charge in [0.1, 0.15) is 0 Å². The number of benzene rings is 2. The zero-order valence-corrected chi connectivity index (χ0v) is 15.9. The summed E-state index contributed by atoms with van der Waals surface area (Å²) in [5.41, 5.74) is 3.93. The minimum absolute atomic E-state index is 0.200. The van der Waals surface area contributed by atoms with Crippen LogP contribution in [0.5, 0.6) is 0 Å². The Balaban J connectivity index is 2.19. The van der Waals surface area contributed by atoms with Crippen LogP contribution in [0, 0.1) is 6.92 Å². The first-order valence-corrected chi connectivity index (χ1v) is 10.0. The highest BCUT2D eigenvalue weighted by Crippen LogP contribution is 2.31. The van der Waals surface area contributed by atoms with Crippen LogP contribution in [-0.4, -0.2) is 37.1 Å². The van der Waals surface area contributed by atoms with E-state index in [-0.39, 0.29) is 4.90 Å². The Bertz CT molecular complexity index is 1050. The third kappa shape index (κ3) is 3.06. The molecule has 0 spiro atoms. The van der Waals surface area contributed by atoms with Crippen LogP contribution in [0.15, 0.2) is 47.4 Å². The van der Waals surface area contributed by atoms with E-state index in [0.717, 1.165) is 22.9 Å². The van der Waals surface area contributed by atoms with Gasteiger partial charge in [0, 0.05) is 29.6 Å². The van der Waals surface area contributed by atoms with Gasteiger partial charge in [-0.3, -0.25) is 4.79 Å². The summed E-state index contributed by atoms with van der Waals surface area (Å²) in [6, 6.07) is 12.7. The molecule has 26 heavy (non-hydrogen) atoms. The number of aryl methyl sites for hydroxylation is 1. The molecule has 3 aromatic rings. The second-order valence-electron chi connectivity index (χ2n) is 6.19. The lowest BCUT2D eigenvalue weighted by atomic mass is 10.1.